The summed E-state index contributed by atoms with van der Waals surface area (Å²) < 4.78 is 34.2. The number of hydrogen-bond acceptors (Lipinski definition) is 4. The Morgan fingerprint density at radius 2 is 1.94 bits per heavy atom. The zero-order valence-corrected chi connectivity index (χ0v) is 16.8. The number of hydrazone groups is 1. The Morgan fingerprint density at radius 3 is 2.68 bits per heavy atom. The summed E-state index contributed by atoms with van der Waals surface area (Å²) in [5.74, 6) is -1.72. The summed E-state index contributed by atoms with van der Waals surface area (Å²) in [6.07, 6.45) is 3.38. The molecule has 2 aromatic carbocycles. The average Bonchev–Trinajstić information content (AvgIpc) is 3.49. The van der Waals surface area contributed by atoms with Crippen molar-refractivity contribution >= 4 is 34.3 Å². The van der Waals surface area contributed by atoms with Crippen LogP contribution in [0.25, 0.3) is 11.0 Å². The normalized spacial score (nSPS) is 16.2. The Kier molecular flexibility index (Phi) is 4.78. The van der Waals surface area contributed by atoms with E-state index in [-0.39, 0.29) is 18.0 Å². The molecule has 2 aromatic heterocycles. The smallest absolute Gasteiger partial charge is 0.263 e. The van der Waals surface area contributed by atoms with Gasteiger partial charge < -0.3 is 8.98 Å². The van der Waals surface area contributed by atoms with Gasteiger partial charge in [0.05, 0.1) is 29.3 Å². The van der Waals surface area contributed by atoms with Crippen molar-refractivity contribution in [3.63, 3.8) is 0 Å². The van der Waals surface area contributed by atoms with Crippen molar-refractivity contribution in [2.24, 2.45) is 5.10 Å². The molecule has 6 nitrogen and oxygen atoms in total. The van der Waals surface area contributed by atoms with Gasteiger partial charge in [0, 0.05) is 23.6 Å². The molecular formula is C22H15ClF2N4O2. The molecule has 3 heterocycles. The molecule has 0 radical (unpaired) electrons. The molecule has 31 heavy (non-hydrogen) atoms. The van der Waals surface area contributed by atoms with Crippen molar-refractivity contribution < 1.29 is 18.0 Å². The van der Waals surface area contributed by atoms with E-state index in [4.69, 9.17) is 16.0 Å². The van der Waals surface area contributed by atoms with E-state index in [0.717, 1.165) is 23.4 Å². The number of fused-ring (bicyclic) bond motifs is 1. The molecule has 4 aromatic rings. The molecule has 0 spiro atoms. The fraction of sp³-hybridized carbons (Fsp3) is 0.136. The maximum Gasteiger partial charge on any atom is 0.263 e. The van der Waals surface area contributed by atoms with Crippen LogP contribution in [0, 0.1) is 11.6 Å². The molecule has 5 rings (SSSR count). The van der Waals surface area contributed by atoms with Crippen molar-refractivity contribution in [2.45, 2.75) is 19.0 Å². The van der Waals surface area contributed by atoms with E-state index in [9.17, 15) is 13.6 Å². The Hall–Kier alpha value is -3.52. The summed E-state index contributed by atoms with van der Waals surface area (Å²) in [6, 6.07) is 12.4. The number of aromatic nitrogens is 2. The van der Waals surface area contributed by atoms with Crippen LogP contribution >= 0.6 is 11.6 Å². The first-order chi connectivity index (χ1) is 15.0. The van der Waals surface area contributed by atoms with Gasteiger partial charge in [-0.1, -0.05) is 23.7 Å². The average molecular weight is 441 g/mol. The SMILES string of the molecule is O=C(Cn1cnc2cc(F)c(F)cc21)N1N=C(c2ccc(Cl)cc2)CC1c1ccco1. The lowest BCUT2D eigenvalue weighted by molar-refractivity contribution is -0.133. The summed E-state index contributed by atoms with van der Waals surface area (Å²) in [5, 5.41) is 6.52. The number of amides is 1. The number of carbonyl (C=O) groups excluding carboxylic acids is 1. The van der Waals surface area contributed by atoms with Crippen LogP contribution in [0.5, 0.6) is 0 Å². The lowest BCUT2D eigenvalue weighted by Crippen LogP contribution is -2.30. The van der Waals surface area contributed by atoms with Crippen LogP contribution in [0.1, 0.15) is 23.8 Å². The summed E-state index contributed by atoms with van der Waals surface area (Å²) in [5.41, 5.74) is 2.15. The Bertz CT molecular complexity index is 1300. The predicted octanol–water partition coefficient (Wildman–Crippen LogP) is 4.94. The van der Waals surface area contributed by atoms with Gasteiger partial charge in [0.1, 0.15) is 18.3 Å². The number of benzene rings is 2. The first-order valence-corrected chi connectivity index (χ1v) is 9.86. The molecule has 0 saturated heterocycles. The van der Waals surface area contributed by atoms with Crippen LogP contribution in [-0.4, -0.2) is 26.2 Å². The van der Waals surface area contributed by atoms with Gasteiger partial charge in [0.25, 0.3) is 5.91 Å². The Labute approximate surface area is 180 Å². The largest absolute Gasteiger partial charge is 0.467 e. The van der Waals surface area contributed by atoms with E-state index in [1.807, 2.05) is 12.1 Å². The van der Waals surface area contributed by atoms with Crippen LogP contribution in [-0.2, 0) is 11.3 Å². The van der Waals surface area contributed by atoms with Gasteiger partial charge in [-0.15, -0.1) is 0 Å². The molecule has 0 saturated carbocycles. The minimum atomic E-state index is -1.00. The van der Waals surface area contributed by atoms with E-state index in [2.05, 4.69) is 10.1 Å². The third kappa shape index (κ3) is 3.59. The molecule has 9 heteroatoms. The summed E-state index contributed by atoms with van der Waals surface area (Å²) >= 11 is 5.98. The summed E-state index contributed by atoms with van der Waals surface area (Å²) in [4.78, 5) is 17.2. The highest BCUT2D eigenvalue weighted by Crippen LogP contribution is 2.33. The summed E-state index contributed by atoms with van der Waals surface area (Å²) in [6.45, 7) is -0.143. The molecular weight excluding hydrogens is 426 g/mol. The van der Waals surface area contributed by atoms with Crippen LogP contribution in [0.15, 0.2) is 70.6 Å². The number of rotatable bonds is 4. The number of halogens is 3. The van der Waals surface area contributed by atoms with Crippen molar-refractivity contribution in [2.75, 3.05) is 0 Å². The zero-order valence-electron chi connectivity index (χ0n) is 16.0. The predicted molar refractivity (Wildman–Crippen MR) is 111 cm³/mol. The van der Waals surface area contributed by atoms with E-state index in [1.165, 1.54) is 15.9 Å². The van der Waals surface area contributed by atoms with Crippen LogP contribution in [0.2, 0.25) is 5.02 Å². The molecule has 1 unspecified atom stereocenters. The van der Waals surface area contributed by atoms with Gasteiger partial charge in [0.2, 0.25) is 0 Å². The van der Waals surface area contributed by atoms with Crippen LogP contribution in [0.4, 0.5) is 8.78 Å². The first-order valence-electron chi connectivity index (χ1n) is 9.48. The Balaban J connectivity index is 1.47. The lowest BCUT2D eigenvalue weighted by atomic mass is 10.0. The topological polar surface area (TPSA) is 63.6 Å². The van der Waals surface area contributed by atoms with Gasteiger partial charge in [-0.05, 0) is 29.8 Å². The molecule has 0 bridgehead atoms. The standard InChI is InChI=1S/C22H15ClF2N4O2/c23-14-5-3-13(4-6-14)17-10-20(21-2-1-7-31-21)29(27-17)22(30)11-28-12-26-18-8-15(24)16(25)9-19(18)28/h1-9,12,20H,10-11H2. The molecule has 1 amide bonds. The van der Waals surface area contributed by atoms with Crippen molar-refractivity contribution in [3.05, 3.63) is 89.1 Å². The van der Waals surface area contributed by atoms with Crippen LogP contribution in [0.3, 0.4) is 0 Å². The van der Waals surface area contributed by atoms with Gasteiger partial charge in [-0.3, -0.25) is 4.79 Å². The summed E-state index contributed by atoms with van der Waals surface area (Å²) in [7, 11) is 0. The number of furan rings is 1. The third-order valence-electron chi connectivity index (χ3n) is 5.18. The van der Waals surface area contributed by atoms with Crippen molar-refractivity contribution in [3.8, 4) is 0 Å². The molecule has 1 aliphatic heterocycles. The first kappa shape index (κ1) is 19.4. The number of imidazole rings is 1. The lowest BCUT2D eigenvalue weighted by Gasteiger charge is -2.20. The van der Waals surface area contributed by atoms with E-state index in [1.54, 1.807) is 30.5 Å². The van der Waals surface area contributed by atoms with Gasteiger partial charge in [-0.25, -0.2) is 18.8 Å². The van der Waals surface area contributed by atoms with Gasteiger partial charge in [0.15, 0.2) is 11.6 Å². The number of hydrogen-bond donors (Lipinski definition) is 0. The zero-order chi connectivity index (χ0) is 21.5. The van der Waals surface area contributed by atoms with Crippen molar-refractivity contribution in [1.82, 2.24) is 14.6 Å². The van der Waals surface area contributed by atoms with Crippen LogP contribution < -0.4 is 0 Å². The Morgan fingerprint density at radius 1 is 1.16 bits per heavy atom. The second-order valence-corrected chi connectivity index (χ2v) is 7.59. The minimum absolute atomic E-state index is 0.143. The van der Waals surface area contributed by atoms with Gasteiger partial charge >= 0.3 is 0 Å². The molecule has 0 aliphatic carbocycles. The monoisotopic (exact) mass is 440 g/mol. The van der Waals surface area contributed by atoms with Gasteiger partial charge in [-0.2, -0.15) is 5.10 Å². The maximum atomic E-state index is 13.7. The van der Waals surface area contributed by atoms with E-state index < -0.39 is 17.7 Å². The second kappa shape index (κ2) is 7.63. The highest BCUT2D eigenvalue weighted by Gasteiger charge is 2.35. The fourth-order valence-corrected chi connectivity index (χ4v) is 3.78. The minimum Gasteiger partial charge on any atom is -0.467 e. The van der Waals surface area contributed by atoms with E-state index >= 15 is 0 Å². The van der Waals surface area contributed by atoms with Crippen molar-refractivity contribution in [1.29, 1.82) is 0 Å². The second-order valence-electron chi connectivity index (χ2n) is 7.15. The molecule has 1 aliphatic rings. The molecule has 156 valence electrons. The fourth-order valence-electron chi connectivity index (χ4n) is 3.66. The molecule has 0 fully saturated rings. The quantitative estimate of drug-likeness (QED) is 0.451. The highest BCUT2D eigenvalue weighted by molar-refractivity contribution is 6.30. The number of nitrogens with zero attached hydrogens (tertiary/aromatic N) is 4. The molecule has 1 atom stereocenters. The number of carbonyl (C=O) groups is 1. The highest BCUT2D eigenvalue weighted by atomic mass is 35.5. The third-order valence-corrected chi connectivity index (χ3v) is 5.44. The maximum absolute atomic E-state index is 13.7. The molecule has 0 N–H and O–H groups in total. The van der Waals surface area contributed by atoms with E-state index in [0.29, 0.717) is 22.7 Å².